The summed E-state index contributed by atoms with van der Waals surface area (Å²) in [7, 11) is 0. The maximum absolute atomic E-state index is 12.8. The summed E-state index contributed by atoms with van der Waals surface area (Å²) in [6.45, 7) is 4.65. The SMILES string of the molecule is CCC1CCCCN1c1ccc(C(=O)N2CCc3ccccc3C2)nn1. The van der Waals surface area contributed by atoms with Crippen LogP contribution in [-0.4, -0.2) is 40.1 Å². The van der Waals surface area contributed by atoms with Crippen molar-refractivity contribution in [2.45, 2.75) is 51.6 Å². The first-order chi connectivity index (χ1) is 12.8. The fraction of sp³-hybridized carbons (Fsp3) is 0.476. The van der Waals surface area contributed by atoms with Gasteiger partial charge in [0.05, 0.1) is 0 Å². The van der Waals surface area contributed by atoms with E-state index in [0.29, 0.717) is 18.3 Å². The maximum Gasteiger partial charge on any atom is 0.274 e. The summed E-state index contributed by atoms with van der Waals surface area (Å²) in [5, 5.41) is 8.66. The van der Waals surface area contributed by atoms with Crippen LogP contribution in [0.15, 0.2) is 36.4 Å². The van der Waals surface area contributed by atoms with Gasteiger partial charge in [-0.25, -0.2) is 0 Å². The molecule has 1 aromatic carbocycles. The molecule has 2 aromatic rings. The van der Waals surface area contributed by atoms with Gasteiger partial charge < -0.3 is 9.80 Å². The van der Waals surface area contributed by atoms with Gasteiger partial charge in [0, 0.05) is 25.7 Å². The second kappa shape index (κ2) is 7.44. The molecule has 0 radical (unpaired) electrons. The highest BCUT2D eigenvalue weighted by Crippen LogP contribution is 2.25. The van der Waals surface area contributed by atoms with E-state index < -0.39 is 0 Å². The molecule has 1 saturated heterocycles. The molecular weight excluding hydrogens is 324 g/mol. The lowest BCUT2D eigenvalue weighted by atomic mass is 9.99. The van der Waals surface area contributed by atoms with Crippen LogP contribution in [0.4, 0.5) is 5.82 Å². The van der Waals surface area contributed by atoms with Crippen molar-refractivity contribution in [3.63, 3.8) is 0 Å². The van der Waals surface area contributed by atoms with Gasteiger partial charge in [0.15, 0.2) is 11.5 Å². The van der Waals surface area contributed by atoms with Gasteiger partial charge in [-0.1, -0.05) is 31.2 Å². The number of carbonyl (C=O) groups excluding carboxylic acids is 1. The monoisotopic (exact) mass is 350 g/mol. The van der Waals surface area contributed by atoms with Gasteiger partial charge in [-0.15, -0.1) is 10.2 Å². The molecule has 1 aromatic heterocycles. The van der Waals surface area contributed by atoms with Crippen LogP contribution in [-0.2, 0) is 13.0 Å². The predicted octanol–water partition coefficient (Wildman–Crippen LogP) is 3.44. The minimum atomic E-state index is -0.0239. The molecule has 5 heteroatoms. The quantitative estimate of drug-likeness (QED) is 0.851. The van der Waals surface area contributed by atoms with Gasteiger partial charge in [0.1, 0.15) is 0 Å². The predicted molar refractivity (Wildman–Crippen MR) is 102 cm³/mol. The third-order valence-electron chi connectivity index (χ3n) is 5.68. The fourth-order valence-corrected chi connectivity index (χ4v) is 4.15. The Morgan fingerprint density at radius 3 is 2.69 bits per heavy atom. The van der Waals surface area contributed by atoms with E-state index in [0.717, 1.165) is 31.7 Å². The number of fused-ring (bicyclic) bond motifs is 1. The maximum atomic E-state index is 12.8. The van der Waals surface area contributed by atoms with Crippen molar-refractivity contribution in [1.82, 2.24) is 15.1 Å². The molecule has 0 N–H and O–H groups in total. The van der Waals surface area contributed by atoms with Gasteiger partial charge in [-0.05, 0) is 55.4 Å². The number of rotatable bonds is 3. The molecule has 0 aliphatic carbocycles. The molecule has 4 rings (SSSR count). The van der Waals surface area contributed by atoms with Crippen LogP contribution < -0.4 is 4.90 Å². The average molecular weight is 350 g/mol. The van der Waals surface area contributed by atoms with Crippen molar-refractivity contribution in [1.29, 1.82) is 0 Å². The Morgan fingerprint density at radius 1 is 1.08 bits per heavy atom. The highest BCUT2D eigenvalue weighted by atomic mass is 16.2. The lowest BCUT2D eigenvalue weighted by molar-refractivity contribution is 0.0727. The first-order valence-electron chi connectivity index (χ1n) is 9.72. The van der Waals surface area contributed by atoms with Crippen LogP contribution >= 0.6 is 0 Å². The highest BCUT2D eigenvalue weighted by Gasteiger charge is 2.25. The van der Waals surface area contributed by atoms with Crippen molar-refractivity contribution in [3.8, 4) is 0 Å². The number of piperidine rings is 1. The average Bonchev–Trinajstić information content (AvgIpc) is 2.73. The van der Waals surface area contributed by atoms with E-state index in [1.807, 2.05) is 23.1 Å². The van der Waals surface area contributed by atoms with Crippen molar-refractivity contribution in [2.24, 2.45) is 0 Å². The number of benzene rings is 1. The van der Waals surface area contributed by atoms with E-state index >= 15 is 0 Å². The summed E-state index contributed by atoms with van der Waals surface area (Å²) in [4.78, 5) is 17.1. The second-order valence-electron chi connectivity index (χ2n) is 7.27. The highest BCUT2D eigenvalue weighted by molar-refractivity contribution is 5.92. The van der Waals surface area contributed by atoms with Crippen LogP contribution in [0.3, 0.4) is 0 Å². The lowest BCUT2D eigenvalue weighted by Gasteiger charge is -2.35. The van der Waals surface area contributed by atoms with Crippen molar-refractivity contribution in [2.75, 3.05) is 18.0 Å². The summed E-state index contributed by atoms with van der Waals surface area (Å²) in [6.07, 6.45) is 5.72. The Bertz CT molecular complexity index is 774. The zero-order chi connectivity index (χ0) is 17.9. The smallest absolute Gasteiger partial charge is 0.274 e. The Morgan fingerprint density at radius 2 is 1.92 bits per heavy atom. The van der Waals surface area contributed by atoms with Crippen molar-refractivity contribution in [3.05, 3.63) is 53.2 Å². The number of amides is 1. The Kier molecular flexibility index (Phi) is 4.87. The number of carbonyl (C=O) groups is 1. The second-order valence-corrected chi connectivity index (χ2v) is 7.27. The first-order valence-corrected chi connectivity index (χ1v) is 9.72. The number of anilines is 1. The van der Waals surface area contributed by atoms with Crippen molar-refractivity contribution < 1.29 is 4.79 Å². The standard InChI is InChI=1S/C21H26N4O/c1-2-18-9-5-6-13-25(18)20-11-10-19(22-23-20)21(26)24-14-12-16-7-3-4-8-17(16)15-24/h3-4,7-8,10-11,18H,2,5-6,9,12-15H2,1H3. The van der Waals surface area contributed by atoms with E-state index in [-0.39, 0.29) is 5.91 Å². The molecule has 136 valence electrons. The van der Waals surface area contributed by atoms with E-state index in [1.165, 1.54) is 30.4 Å². The summed E-state index contributed by atoms with van der Waals surface area (Å²) >= 11 is 0. The Hall–Kier alpha value is -2.43. The molecule has 26 heavy (non-hydrogen) atoms. The minimum Gasteiger partial charge on any atom is -0.352 e. The Labute approximate surface area is 155 Å². The number of hydrogen-bond acceptors (Lipinski definition) is 4. The molecule has 3 heterocycles. The van der Waals surface area contributed by atoms with Crippen molar-refractivity contribution >= 4 is 11.7 Å². The zero-order valence-corrected chi connectivity index (χ0v) is 15.4. The third kappa shape index (κ3) is 3.30. The normalized spacial score (nSPS) is 20.0. The summed E-state index contributed by atoms with van der Waals surface area (Å²) in [6, 6.07) is 12.7. The van der Waals surface area contributed by atoms with Crippen LogP contribution in [0.5, 0.6) is 0 Å². The number of hydrogen-bond donors (Lipinski definition) is 0. The molecule has 2 aliphatic heterocycles. The molecular formula is C21H26N4O. The molecule has 5 nitrogen and oxygen atoms in total. The Balaban J connectivity index is 1.48. The van der Waals surface area contributed by atoms with Gasteiger partial charge in [0.25, 0.3) is 5.91 Å². The number of nitrogens with zero attached hydrogens (tertiary/aromatic N) is 4. The molecule has 1 fully saturated rings. The van der Waals surface area contributed by atoms with Crippen LogP contribution in [0.2, 0.25) is 0 Å². The van der Waals surface area contributed by atoms with E-state index in [1.54, 1.807) is 0 Å². The summed E-state index contributed by atoms with van der Waals surface area (Å²) in [5.74, 6) is 0.876. The zero-order valence-electron chi connectivity index (χ0n) is 15.4. The van der Waals surface area contributed by atoms with Gasteiger partial charge in [-0.2, -0.15) is 0 Å². The largest absolute Gasteiger partial charge is 0.352 e. The lowest BCUT2D eigenvalue weighted by Crippen LogP contribution is -2.40. The minimum absolute atomic E-state index is 0.0239. The molecule has 1 atom stereocenters. The fourth-order valence-electron chi connectivity index (χ4n) is 4.15. The van der Waals surface area contributed by atoms with E-state index in [9.17, 15) is 4.79 Å². The van der Waals surface area contributed by atoms with E-state index in [2.05, 4.69) is 40.2 Å². The molecule has 0 spiro atoms. The summed E-state index contributed by atoms with van der Waals surface area (Å²) < 4.78 is 0. The van der Waals surface area contributed by atoms with Crippen LogP contribution in [0.25, 0.3) is 0 Å². The summed E-state index contributed by atoms with van der Waals surface area (Å²) in [5.41, 5.74) is 3.02. The van der Waals surface area contributed by atoms with Gasteiger partial charge in [-0.3, -0.25) is 4.79 Å². The topological polar surface area (TPSA) is 49.3 Å². The first kappa shape index (κ1) is 17.0. The van der Waals surface area contributed by atoms with Gasteiger partial charge in [0.2, 0.25) is 0 Å². The van der Waals surface area contributed by atoms with Crippen LogP contribution in [0, 0.1) is 0 Å². The van der Waals surface area contributed by atoms with E-state index in [4.69, 9.17) is 0 Å². The molecule has 0 saturated carbocycles. The number of aromatic nitrogens is 2. The molecule has 0 bridgehead atoms. The van der Waals surface area contributed by atoms with Crippen LogP contribution in [0.1, 0.15) is 54.2 Å². The molecule has 1 amide bonds. The van der Waals surface area contributed by atoms with Gasteiger partial charge >= 0.3 is 0 Å². The molecule has 2 aliphatic rings. The molecule has 1 unspecified atom stereocenters. The third-order valence-corrected chi connectivity index (χ3v) is 5.68.